The number of nitrogens with one attached hydrogen (secondary N) is 1. The molecular formula is C14H23N3. The van der Waals surface area contributed by atoms with Gasteiger partial charge in [0, 0.05) is 18.6 Å². The summed E-state index contributed by atoms with van der Waals surface area (Å²) in [5.74, 6) is 0. The van der Waals surface area contributed by atoms with Crippen LogP contribution in [0, 0.1) is 11.3 Å². The van der Waals surface area contributed by atoms with Crippen molar-refractivity contribution >= 4 is 0 Å². The van der Waals surface area contributed by atoms with E-state index in [2.05, 4.69) is 16.3 Å². The molecule has 3 heteroatoms. The van der Waals surface area contributed by atoms with Crippen molar-refractivity contribution in [1.29, 1.82) is 5.26 Å². The first-order chi connectivity index (χ1) is 8.34. The summed E-state index contributed by atoms with van der Waals surface area (Å²) in [5, 5.41) is 13.4. The molecular weight excluding hydrogens is 210 g/mol. The van der Waals surface area contributed by atoms with Crippen molar-refractivity contribution in [2.75, 3.05) is 13.1 Å². The zero-order valence-electron chi connectivity index (χ0n) is 10.6. The van der Waals surface area contributed by atoms with Gasteiger partial charge in [0.15, 0.2) is 0 Å². The van der Waals surface area contributed by atoms with Crippen molar-refractivity contribution in [2.45, 2.75) is 69.0 Å². The number of hydrogen-bond acceptors (Lipinski definition) is 3. The maximum absolute atomic E-state index is 9.68. The van der Waals surface area contributed by atoms with E-state index >= 15 is 0 Å². The van der Waals surface area contributed by atoms with Crippen LogP contribution in [-0.2, 0) is 0 Å². The van der Waals surface area contributed by atoms with Gasteiger partial charge >= 0.3 is 0 Å². The SMILES string of the molecule is N#CC1(NC2CCCC2)CCN2CCCCC21. The number of piperidine rings is 1. The van der Waals surface area contributed by atoms with Gasteiger partial charge in [0.25, 0.3) is 0 Å². The zero-order valence-corrected chi connectivity index (χ0v) is 10.6. The van der Waals surface area contributed by atoms with Crippen LogP contribution in [0.5, 0.6) is 0 Å². The van der Waals surface area contributed by atoms with Crippen LogP contribution in [0.3, 0.4) is 0 Å². The summed E-state index contributed by atoms with van der Waals surface area (Å²) in [6.07, 6.45) is 10.1. The Bertz CT molecular complexity index is 316. The average molecular weight is 233 g/mol. The van der Waals surface area contributed by atoms with E-state index < -0.39 is 0 Å². The minimum absolute atomic E-state index is 0.227. The summed E-state index contributed by atoms with van der Waals surface area (Å²) >= 11 is 0. The van der Waals surface area contributed by atoms with E-state index in [4.69, 9.17) is 0 Å². The molecule has 0 aromatic heterocycles. The molecule has 0 amide bonds. The molecule has 0 spiro atoms. The molecule has 0 aromatic carbocycles. The Balaban J connectivity index is 1.74. The van der Waals surface area contributed by atoms with Crippen LogP contribution in [-0.4, -0.2) is 35.6 Å². The molecule has 3 aliphatic rings. The van der Waals surface area contributed by atoms with Gasteiger partial charge in [-0.15, -0.1) is 0 Å². The first-order valence-corrected chi connectivity index (χ1v) is 7.27. The third kappa shape index (κ3) is 1.98. The molecule has 3 fully saturated rings. The summed E-state index contributed by atoms with van der Waals surface area (Å²) in [4.78, 5) is 2.55. The Morgan fingerprint density at radius 3 is 2.59 bits per heavy atom. The van der Waals surface area contributed by atoms with Crippen molar-refractivity contribution in [3.05, 3.63) is 0 Å². The minimum Gasteiger partial charge on any atom is -0.297 e. The van der Waals surface area contributed by atoms with E-state index in [1.807, 2.05) is 0 Å². The number of fused-ring (bicyclic) bond motifs is 1. The van der Waals surface area contributed by atoms with E-state index in [9.17, 15) is 5.26 Å². The Morgan fingerprint density at radius 2 is 1.82 bits per heavy atom. The number of nitriles is 1. The van der Waals surface area contributed by atoms with Crippen LogP contribution in [0.2, 0.25) is 0 Å². The lowest BCUT2D eigenvalue weighted by atomic mass is 9.86. The molecule has 2 unspecified atom stereocenters. The minimum atomic E-state index is -0.227. The third-order valence-electron chi connectivity index (χ3n) is 4.99. The molecule has 2 saturated heterocycles. The molecule has 1 saturated carbocycles. The molecule has 0 bridgehead atoms. The highest BCUT2D eigenvalue weighted by Crippen LogP contribution is 2.36. The Labute approximate surface area is 104 Å². The smallest absolute Gasteiger partial charge is 0.123 e. The van der Waals surface area contributed by atoms with E-state index in [0.29, 0.717) is 12.1 Å². The molecule has 1 aliphatic carbocycles. The molecule has 94 valence electrons. The highest BCUT2D eigenvalue weighted by molar-refractivity contribution is 5.20. The predicted octanol–water partition coefficient (Wildman–Crippen LogP) is 2.04. The lowest BCUT2D eigenvalue weighted by Crippen LogP contribution is -2.57. The number of rotatable bonds is 2. The molecule has 0 radical (unpaired) electrons. The Hall–Kier alpha value is -0.590. The zero-order chi connectivity index (χ0) is 11.7. The Kier molecular flexibility index (Phi) is 3.10. The fraction of sp³-hybridized carbons (Fsp3) is 0.929. The number of hydrogen-bond donors (Lipinski definition) is 1. The van der Waals surface area contributed by atoms with Gasteiger partial charge in [0.1, 0.15) is 5.54 Å². The normalized spacial score (nSPS) is 39.1. The van der Waals surface area contributed by atoms with Crippen LogP contribution in [0.1, 0.15) is 51.4 Å². The number of nitrogens with zero attached hydrogens (tertiary/aromatic N) is 2. The standard InChI is InChI=1S/C14H23N3/c15-11-14(16-12-5-1-2-6-12)8-10-17-9-4-3-7-13(14)17/h12-13,16H,1-10H2. The van der Waals surface area contributed by atoms with E-state index in [1.165, 1.54) is 51.5 Å². The van der Waals surface area contributed by atoms with Crippen LogP contribution >= 0.6 is 0 Å². The maximum atomic E-state index is 9.68. The quantitative estimate of drug-likeness (QED) is 0.793. The van der Waals surface area contributed by atoms with E-state index in [-0.39, 0.29) is 5.54 Å². The van der Waals surface area contributed by atoms with Gasteiger partial charge in [-0.25, -0.2) is 0 Å². The first-order valence-electron chi connectivity index (χ1n) is 7.27. The molecule has 3 rings (SSSR count). The van der Waals surface area contributed by atoms with Crippen molar-refractivity contribution in [2.24, 2.45) is 0 Å². The van der Waals surface area contributed by atoms with Crippen molar-refractivity contribution in [3.63, 3.8) is 0 Å². The van der Waals surface area contributed by atoms with Crippen LogP contribution in [0.4, 0.5) is 0 Å². The lowest BCUT2D eigenvalue weighted by Gasteiger charge is -2.38. The van der Waals surface area contributed by atoms with Crippen LogP contribution in [0.25, 0.3) is 0 Å². The topological polar surface area (TPSA) is 39.1 Å². The highest BCUT2D eigenvalue weighted by atomic mass is 15.3. The molecule has 2 heterocycles. The first kappa shape index (κ1) is 11.5. The van der Waals surface area contributed by atoms with Gasteiger partial charge in [-0.05, 0) is 38.6 Å². The van der Waals surface area contributed by atoms with Crippen molar-refractivity contribution in [1.82, 2.24) is 10.2 Å². The van der Waals surface area contributed by atoms with Crippen LogP contribution in [0.15, 0.2) is 0 Å². The second kappa shape index (κ2) is 4.59. The fourth-order valence-electron chi connectivity index (χ4n) is 4.07. The van der Waals surface area contributed by atoms with E-state index in [0.717, 1.165) is 13.0 Å². The molecule has 3 nitrogen and oxygen atoms in total. The molecule has 17 heavy (non-hydrogen) atoms. The highest BCUT2D eigenvalue weighted by Gasteiger charge is 2.49. The maximum Gasteiger partial charge on any atom is 0.123 e. The largest absolute Gasteiger partial charge is 0.297 e. The third-order valence-corrected chi connectivity index (χ3v) is 4.99. The van der Waals surface area contributed by atoms with Crippen molar-refractivity contribution < 1.29 is 0 Å². The lowest BCUT2D eigenvalue weighted by molar-refractivity contribution is 0.154. The van der Waals surface area contributed by atoms with Crippen molar-refractivity contribution in [3.8, 4) is 6.07 Å². The monoisotopic (exact) mass is 233 g/mol. The summed E-state index contributed by atoms with van der Waals surface area (Å²) in [7, 11) is 0. The fourth-order valence-corrected chi connectivity index (χ4v) is 4.07. The van der Waals surface area contributed by atoms with Gasteiger partial charge in [0.2, 0.25) is 0 Å². The Morgan fingerprint density at radius 1 is 1.06 bits per heavy atom. The van der Waals surface area contributed by atoms with Gasteiger partial charge in [0.05, 0.1) is 6.07 Å². The summed E-state index contributed by atoms with van der Waals surface area (Å²) < 4.78 is 0. The van der Waals surface area contributed by atoms with Gasteiger partial charge < -0.3 is 0 Å². The average Bonchev–Trinajstić information content (AvgIpc) is 2.99. The summed E-state index contributed by atoms with van der Waals surface area (Å²) in [5.41, 5.74) is -0.227. The van der Waals surface area contributed by atoms with Gasteiger partial charge in [-0.3, -0.25) is 10.2 Å². The van der Waals surface area contributed by atoms with Gasteiger partial charge in [-0.2, -0.15) is 5.26 Å². The van der Waals surface area contributed by atoms with E-state index in [1.54, 1.807) is 0 Å². The molecule has 0 aromatic rings. The second-order valence-corrected chi connectivity index (χ2v) is 6.01. The molecule has 2 aliphatic heterocycles. The molecule has 1 N–H and O–H groups in total. The predicted molar refractivity (Wildman–Crippen MR) is 67.6 cm³/mol. The van der Waals surface area contributed by atoms with Gasteiger partial charge in [-0.1, -0.05) is 19.3 Å². The summed E-state index contributed by atoms with van der Waals surface area (Å²) in [6.45, 7) is 2.33. The second-order valence-electron chi connectivity index (χ2n) is 6.01. The molecule has 2 atom stereocenters. The summed E-state index contributed by atoms with van der Waals surface area (Å²) in [6, 6.07) is 3.75. The van der Waals surface area contributed by atoms with Crippen LogP contribution < -0.4 is 5.32 Å².